The molecule has 9 aromatic carbocycles. The van der Waals surface area contributed by atoms with Crippen molar-refractivity contribution in [3.05, 3.63) is 222 Å². The summed E-state index contributed by atoms with van der Waals surface area (Å²) in [6.45, 7) is 0. The first-order chi connectivity index (χ1) is 27.8. The Bertz CT molecular complexity index is 3250. The normalized spacial score (nSPS) is 13.1. The molecule has 3 heteroatoms. The fraction of sp³-hybridized carbons (Fsp3) is 0.0189. The second kappa shape index (κ2) is 12.0. The molecule has 0 bridgehead atoms. The van der Waals surface area contributed by atoms with Crippen LogP contribution in [-0.4, -0.2) is 0 Å². The van der Waals surface area contributed by atoms with E-state index in [0.717, 1.165) is 28.2 Å². The number of fused-ring (bicyclic) bond motifs is 4. The average molecular weight is 732 g/mol. The third-order valence-electron chi connectivity index (χ3n) is 11.9. The van der Waals surface area contributed by atoms with Crippen LogP contribution in [0.3, 0.4) is 0 Å². The highest BCUT2D eigenvalue weighted by atomic mass is 32.1. The highest BCUT2D eigenvalue weighted by molar-refractivity contribution is 7.25. The van der Waals surface area contributed by atoms with Gasteiger partial charge in [0.25, 0.3) is 0 Å². The van der Waals surface area contributed by atoms with Gasteiger partial charge in [-0.25, -0.2) is 0 Å². The standard InChI is InChI=1S/C53H33NOS/c1-2-14-36(15-3-1)53(45-21-10-23-47-51(45)52-46(53)22-11-24-48(52)55-47)37-16-9-17-39(32-37)54(40-30-31-44-43-19-6-7-25-49(43)56-50(44)33-40)38-28-26-35(27-29-38)42-20-8-13-34-12-4-5-18-41(34)42/h1-33H. The Morgan fingerprint density at radius 2 is 1.02 bits per heavy atom. The molecule has 0 amide bonds. The number of furan rings is 1. The monoisotopic (exact) mass is 731 g/mol. The van der Waals surface area contributed by atoms with Gasteiger partial charge in [0.15, 0.2) is 0 Å². The van der Waals surface area contributed by atoms with E-state index in [4.69, 9.17) is 4.42 Å². The molecular formula is C53H33NOS. The molecule has 2 aromatic heterocycles. The summed E-state index contributed by atoms with van der Waals surface area (Å²) < 4.78 is 9.01. The number of benzene rings is 9. The SMILES string of the molecule is c1ccc(C2(c3cccc(N(c4ccc(-c5cccc6ccccc56)cc4)c4ccc5c(c4)sc4ccccc45)c3)c3cccc4oc5cccc2c5c34)cc1. The molecule has 2 heterocycles. The van der Waals surface area contributed by atoms with Crippen molar-refractivity contribution in [1.82, 2.24) is 0 Å². The minimum absolute atomic E-state index is 0.531. The summed E-state index contributed by atoms with van der Waals surface area (Å²) in [4.78, 5) is 2.43. The van der Waals surface area contributed by atoms with Gasteiger partial charge in [-0.15, -0.1) is 11.3 Å². The molecule has 1 aliphatic rings. The zero-order valence-electron chi connectivity index (χ0n) is 30.3. The topological polar surface area (TPSA) is 16.4 Å². The van der Waals surface area contributed by atoms with Crippen LogP contribution in [0.2, 0.25) is 0 Å². The molecule has 0 unspecified atom stereocenters. The molecule has 2 nitrogen and oxygen atoms in total. The first-order valence-electron chi connectivity index (χ1n) is 19.2. The van der Waals surface area contributed by atoms with Crippen LogP contribution in [0.1, 0.15) is 22.3 Å². The molecule has 0 saturated heterocycles. The van der Waals surface area contributed by atoms with E-state index in [2.05, 4.69) is 205 Å². The minimum Gasteiger partial charge on any atom is -0.456 e. The maximum atomic E-state index is 6.43. The quantitative estimate of drug-likeness (QED) is 0.169. The lowest BCUT2D eigenvalue weighted by molar-refractivity contribution is 0.663. The molecular weight excluding hydrogens is 699 g/mol. The van der Waals surface area contributed by atoms with Gasteiger partial charge in [0.2, 0.25) is 0 Å². The second-order valence-corrected chi connectivity index (χ2v) is 15.9. The maximum absolute atomic E-state index is 6.43. The van der Waals surface area contributed by atoms with Gasteiger partial charge in [-0.05, 0) is 98.8 Å². The summed E-state index contributed by atoms with van der Waals surface area (Å²) in [5.74, 6) is 0. The van der Waals surface area contributed by atoms with Crippen LogP contribution in [0.4, 0.5) is 17.1 Å². The summed E-state index contributed by atoms with van der Waals surface area (Å²) in [5.41, 5.74) is 12.1. The Balaban J connectivity index is 1.08. The summed E-state index contributed by atoms with van der Waals surface area (Å²) in [6, 6.07) is 73.3. The number of anilines is 3. The first-order valence-corrected chi connectivity index (χ1v) is 20.0. The Morgan fingerprint density at radius 1 is 0.411 bits per heavy atom. The molecule has 11 aromatic rings. The number of nitrogens with zero attached hydrogens (tertiary/aromatic N) is 1. The predicted molar refractivity (Wildman–Crippen MR) is 236 cm³/mol. The third-order valence-corrected chi connectivity index (χ3v) is 13.1. The van der Waals surface area contributed by atoms with Crippen molar-refractivity contribution in [2.45, 2.75) is 5.41 Å². The van der Waals surface area contributed by atoms with Crippen molar-refractivity contribution in [3.63, 3.8) is 0 Å². The number of hydrogen-bond donors (Lipinski definition) is 0. The summed E-state index contributed by atoms with van der Waals surface area (Å²) >= 11 is 1.86. The summed E-state index contributed by atoms with van der Waals surface area (Å²) in [6.07, 6.45) is 0. The fourth-order valence-corrected chi connectivity index (χ4v) is 10.7. The van der Waals surface area contributed by atoms with Crippen LogP contribution < -0.4 is 4.90 Å². The van der Waals surface area contributed by atoms with Crippen LogP contribution in [0.25, 0.3) is 64.0 Å². The van der Waals surface area contributed by atoms with Crippen molar-refractivity contribution >= 4 is 81.3 Å². The lowest BCUT2D eigenvalue weighted by atomic mass is 9.67. The lowest BCUT2D eigenvalue weighted by Gasteiger charge is -2.35. The lowest BCUT2D eigenvalue weighted by Crippen LogP contribution is -2.29. The number of rotatable bonds is 6. The zero-order valence-corrected chi connectivity index (χ0v) is 31.1. The van der Waals surface area contributed by atoms with E-state index in [1.165, 1.54) is 75.1 Å². The second-order valence-electron chi connectivity index (χ2n) is 14.8. The molecule has 0 aliphatic heterocycles. The molecule has 262 valence electrons. The Labute approximate surface area is 328 Å². The van der Waals surface area contributed by atoms with Gasteiger partial charge in [-0.2, -0.15) is 0 Å². The van der Waals surface area contributed by atoms with Gasteiger partial charge in [0.1, 0.15) is 11.2 Å². The average Bonchev–Trinajstić information content (AvgIpc) is 3.93. The molecule has 0 saturated carbocycles. The minimum atomic E-state index is -0.531. The van der Waals surface area contributed by atoms with Gasteiger partial charge in [-0.3, -0.25) is 0 Å². The zero-order chi connectivity index (χ0) is 36.8. The predicted octanol–water partition coefficient (Wildman–Crippen LogP) is 14.9. The van der Waals surface area contributed by atoms with Gasteiger partial charge < -0.3 is 9.32 Å². The van der Waals surface area contributed by atoms with E-state index < -0.39 is 5.41 Å². The molecule has 0 N–H and O–H groups in total. The van der Waals surface area contributed by atoms with E-state index in [1.54, 1.807) is 0 Å². The van der Waals surface area contributed by atoms with Crippen molar-refractivity contribution in [3.8, 4) is 11.1 Å². The Morgan fingerprint density at radius 3 is 1.82 bits per heavy atom. The van der Waals surface area contributed by atoms with Gasteiger partial charge >= 0.3 is 0 Å². The van der Waals surface area contributed by atoms with Crippen LogP contribution in [0, 0.1) is 0 Å². The van der Waals surface area contributed by atoms with Crippen LogP contribution in [0.15, 0.2) is 205 Å². The first kappa shape index (κ1) is 31.4. The Kier molecular flexibility index (Phi) is 6.75. The van der Waals surface area contributed by atoms with Crippen LogP contribution in [-0.2, 0) is 5.41 Å². The molecule has 0 atom stereocenters. The smallest absolute Gasteiger partial charge is 0.135 e. The van der Waals surface area contributed by atoms with Gasteiger partial charge in [0, 0.05) is 48.0 Å². The highest BCUT2D eigenvalue weighted by Gasteiger charge is 2.46. The maximum Gasteiger partial charge on any atom is 0.135 e. The molecule has 1 aliphatic carbocycles. The highest BCUT2D eigenvalue weighted by Crippen LogP contribution is 2.57. The van der Waals surface area contributed by atoms with E-state index in [-0.39, 0.29) is 0 Å². The summed E-state index contributed by atoms with van der Waals surface area (Å²) in [5, 5.41) is 7.53. The van der Waals surface area contributed by atoms with Crippen molar-refractivity contribution in [1.29, 1.82) is 0 Å². The van der Waals surface area contributed by atoms with Crippen molar-refractivity contribution < 1.29 is 4.42 Å². The van der Waals surface area contributed by atoms with E-state index in [9.17, 15) is 0 Å². The van der Waals surface area contributed by atoms with Crippen molar-refractivity contribution in [2.75, 3.05) is 4.90 Å². The van der Waals surface area contributed by atoms with E-state index >= 15 is 0 Å². The van der Waals surface area contributed by atoms with Gasteiger partial charge in [-0.1, -0.05) is 146 Å². The third kappa shape index (κ3) is 4.43. The fourth-order valence-electron chi connectivity index (χ4n) is 9.56. The summed E-state index contributed by atoms with van der Waals surface area (Å²) in [7, 11) is 0. The molecule has 0 spiro atoms. The number of thiophene rings is 1. The number of hydrogen-bond acceptors (Lipinski definition) is 3. The van der Waals surface area contributed by atoms with Crippen molar-refractivity contribution in [2.24, 2.45) is 0 Å². The molecule has 0 radical (unpaired) electrons. The van der Waals surface area contributed by atoms with Gasteiger partial charge in [0.05, 0.1) is 5.41 Å². The van der Waals surface area contributed by atoms with Crippen LogP contribution in [0.5, 0.6) is 0 Å². The largest absolute Gasteiger partial charge is 0.456 e. The Hall–Kier alpha value is -6.94. The van der Waals surface area contributed by atoms with Crippen LogP contribution >= 0.6 is 11.3 Å². The molecule has 12 rings (SSSR count). The molecule has 56 heavy (non-hydrogen) atoms. The van der Waals surface area contributed by atoms with E-state index in [0.29, 0.717) is 0 Å². The molecule has 0 fully saturated rings. The van der Waals surface area contributed by atoms with E-state index in [1.807, 2.05) is 11.3 Å².